The molecule has 0 unspecified atom stereocenters. The average molecular weight is 302 g/mol. The molecule has 1 rings (SSSR count). The smallest absolute Gasteiger partial charge is 0.240 e. The van der Waals surface area contributed by atoms with Gasteiger partial charge in [0.2, 0.25) is 10.0 Å². The van der Waals surface area contributed by atoms with Crippen molar-refractivity contribution in [3.05, 3.63) is 24.3 Å². The zero-order chi connectivity index (χ0) is 14.8. The molecule has 0 aliphatic rings. The van der Waals surface area contributed by atoms with E-state index in [0.717, 1.165) is 0 Å². The summed E-state index contributed by atoms with van der Waals surface area (Å²) >= 11 is 0. The zero-order valence-electron chi connectivity index (χ0n) is 11.7. The third kappa shape index (κ3) is 5.87. The van der Waals surface area contributed by atoms with E-state index in [-0.39, 0.29) is 4.90 Å². The molecule has 0 saturated heterocycles. The van der Waals surface area contributed by atoms with Gasteiger partial charge in [-0.2, -0.15) is 0 Å². The lowest BCUT2D eigenvalue weighted by atomic mass is 10.3. The van der Waals surface area contributed by atoms with Crippen LogP contribution in [0.1, 0.15) is 13.3 Å². The van der Waals surface area contributed by atoms with Crippen LogP contribution >= 0.6 is 0 Å². The predicted molar refractivity (Wildman–Crippen MR) is 77.3 cm³/mol. The molecular formula is C13H22N2O4S. The molecule has 0 radical (unpaired) electrons. The molecule has 0 fully saturated rings. The fourth-order valence-corrected chi connectivity index (χ4v) is 2.54. The molecule has 114 valence electrons. The second-order valence-electron chi connectivity index (χ2n) is 4.06. The lowest BCUT2D eigenvalue weighted by Crippen LogP contribution is -2.26. The van der Waals surface area contributed by atoms with E-state index in [0.29, 0.717) is 45.1 Å². The fourth-order valence-electron chi connectivity index (χ4n) is 1.47. The minimum absolute atomic E-state index is 0.215. The largest absolute Gasteiger partial charge is 0.491 e. The SMILES string of the molecule is CCOCCOc1ccc(S(=O)(=O)NCCCN)cc1. The highest BCUT2D eigenvalue weighted by Crippen LogP contribution is 2.15. The highest BCUT2D eigenvalue weighted by molar-refractivity contribution is 7.89. The van der Waals surface area contributed by atoms with E-state index in [1.807, 2.05) is 6.92 Å². The summed E-state index contributed by atoms with van der Waals surface area (Å²) < 4.78 is 36.9. The molecule has 0 saturated carbocycles. The van der Waals surface area contributed by atoms with Crippen molar-refractivity contribution in [2.75, 3.05) is 32.9 Å². The Kier molecular flexibility index (Phi) is 7.53. The highest BCUT2D eigenvalue weighted by Gasteiger charge is 2.12. The van der Waals surface area contributed by atoms with E-state index in [4.69, 9.17) is 15.2 Å². The summed E-state index contributed by atoms with van der Waals surface area (Å²) in [6, 6.07) is 6.29. The highest BCUT2D eigenvalue weighted by atomic mass is 32.2. The molecule has 7 heteroatoms. The first-order valence-electron chi connectivity index (χ1n) is 6.60. The Balaban J connectivity index is 2.52. The Labute approximate surface area is 120 Å². The summed E-state index contributed by atoms with van der Waals surface area (Å²) in [5.41, 5.74) is 5.32. The number of sulfonamides is 1. The molecule has 0 aromatic heterocycles. The molecule has 0 aliphatic heterocycles. The zero-order valence-corrected chi connectivity index (χ0v) is 12.5. The van der Waals surface area contributed by atoms with E-state index < -0.39 is 10.0 Å². The van der Waals surface area contributed by atoms with Gasteiger partial charge in [-0.25, -0.2) is 13.1 Å². The van der Waals surface area contributed by atoms with E-state index in [2.05, 4.69) is 4.72 Å². The van der Waals surface area contributed by atoms with Gasteiger partial charge in [0.15, 0.2) is 0 Å². The number of nitrogens with one attached hydrogen (secondary N) is 1. The second-order valence-corrected chi connectivity index (χ2v) is 5.82. The van der Waals surface area contributed by atoms with Gasteiger partial charge >= 0.3 is 0 Å². The second kappa shape index (κ2) is 8.91. The topological polar surface area (TPSA) is 90.6 Å². The average Bonchev–Trinajstić information content (AvgIpc) is 2.44. The minimum atomic E-state index is -3.46. The first-order chi connectivity index (χ1) is 9.60. The Morgan fingerprint density at radius 1 is 1.20 bits per heavy atom. The minimum Gasteiger partial charge on any atom is -0.491 e. The molecule has 1 aromatic rings. The molecule has 0 spiro atoms. The number of benzene rings is 1. The molecule has 0 bridgehead atoms. The molecule has 3 N–H and O–H groups in total. The Morgan fingerprint density at radius 2 is 1.90 bits per heavy atom. The molecule has 0 amide bonds. The van der Waals surface area contributed by atoms with Crippen molar-refractivity contribution < 1.29 is 17.9 Å². The Hall–Kier alpha value is -1.15. The first-order valence-corrected chi connectivity index (χ1v) is 8.09. The van der Waals surface area contributed by atoms with Gasteiger partial charge in [0.05, 0.1) is 11.5 Å². The van der Waals surface area contributed by atoms with Gasteiger partial charge in [0.1, 0.15) is 12.4 Å². The van der Waals surface area contributed by atoms with Gasteiger partial charge in [-0.05, 0) is 44.2 Å². The van der Waals surface area contributed by atoms with Gasteiger partial charge in [0, 0.05) is 13.2 Å². The van der Waals surface area contributed by atoms with Crippen LogP contribution in [0.2, 0.25) is 0 Å². The van der Waals surface area contributed by atoms with Gasteiger partial charge < -0.3 is 15.2 Å². The van der Waals surface area contributed by atoms with Crippen molar-refractivity contribution >= 4 is 10.0 Å². The lowest BCUT2D eigenvalue weighted by Gasteiger charge is -2.08. The van der Waals surface area contributed by atoms with Crippen LogP contribution in [0.3, 0.4) is 0 Å². The monoisotopic (exact) mass is 302 g/mol. The maximum Gasteiger partial charge on any atom is 0.240 e. The Morgan fingerprint density at radius 3 is 2.50 bits per heavy atom. The van der Waals surface area contributed by atoms with Crippen LogP contribution in [0.25, 0.3) is 0 Å². The standard InChI is InChI=1S/C13H22N2O4S/c1-2-18-10-11-19-12-4-6-13(7-5-12)20(16,17)15-9-3-8-14/h4-7,15H,2-3,8-11,14H2,1H3. The van der Waals surface area contributed by atoms with E-state index >= 15 is 0 Å². The molecule has 0 aliphatic carbocycles. The summed E-state index contributed by atoms with van der Waals surface area (Å²) in [4.78, 5) is 0.215. The van der Waals surface area contributed by atoms with Crippen molar-refractivity contribution in [1.82, 2.24) is 4.72 Å². The van der Waals surface area contributed by atoms with Crippen LogP contribution in [0.5, 0.6) is 5.75 Å². The van der Waals surface area contributed by atoms with Crippen LogP contribution in [0.15, 0.2) is 29.2 Å². The van der Waals surface area contributed by atoms with Gasteiger partial charge in [-0.3, -0.25) is 0 Å². The molecule has 0 atom stereocenters. The van der Waals surface area contributed by atoms with Crippen molar-refractivity contribution in [2.45, 2.75) is 18.2 Å². The summed E-state index contributed by atoms with van der Waals surface area (Å²) in [6.07, 6.45) is 0.609. The van der Waals surface area contributed by atoms with Crippen molar-refractivity contribution in [3.63, 3.8) is 0 Å². The summed E-state index contributed by atoms with van der Waals surface area (Å²) in [5, 5.41) is 0. The van der Waals surface area contributed by atoms with Crippen LogP contribution in [-0.2, 0) is 14.8 Å². The normalized spacial score (nSPS) is 11.5. The number of ether oxygens (including phenoxy) is 2. The summed E-state index contributed by atoms with van der Waals surface area (Å²) in [5.74, 6) is 0.616. The first kappa shape index (κ1) is 16.9. The van der Waals surface area contributed by atoms with Crippen LogP contribution in [0.4, 0.5) is 0 Å². The van der Waals surface area contributed by atoms with Gasteiger partial charge in [-0.15, -0.1) is 0 Å². The fraction of sp³-hybridized carbons (Fsp3) is 0.538. The summed E-state index contributed by atoms with van der Waals surface area (Å²) in [7, 11) is -3.46. The molecule has 6 nitrogen and oxygen atoms in total. The third-order valence-corrected chi connectivity index (χ3v) is 3.98. The van der Waals surface area contributed by atoms with Crippen molar-refractivity contribution in [3.8, 4) is 5.75 Å². The number of nitrogens with two attached hydrogens (primary N) is 1. The van der Waals surface area contributed by atoms with Crippen LogP contribution in [-0.4, -0.2) is 41.3 Å². The maximum absolute atomic E-state index is 11.9. The van der Waals surface area contributed by atoms with E-state index in [1.54, 1.807) is 12.1 Å². The molecular weight excluding hydrogens is 280 g/mol. The van der Waals surface area contributed by atoms with Crippen molar-refractivity contribution in [1.29, 1.82) is 0 Å². The molecule has 0 heterocycles. The molecule has 20 heavy (non-hydrogen) atoms. The van der Waals surface area contributed by atoms with E-state index in [9.17, 15) is 8.42 Å². The number of hydrogen-bond donors (Lipinski definition) is 2. The van der Waals surface area contributed by atoms with E-state index in [1.165, 1.54) is 12.1 Å². The maximum atomic E-state index is 11.9. The lowest BCUT2D eigenvalue weighted by molar-refractivity contribution is 0.110. The van der Waals surface area contributed by atoms with Crippen LogP contribution < -0.4 is 15.2 Å². The van der Waals surface area contributed by atoms with Gasteiger partial charge in [-0.1, -0.05) is 0 Å². The van der Waals surface area contributed by atoms with Gasteiger partial charge in [0.25, 0.3) is 0 Å². The molecule has 1 aromatic carbocycles. The summed E-state index contributed by atoms with van der Waals surface area (Å²) in [6.45, 7) is 4.30. The predicted octanol–water partition coefficient (Wildman–Crippen LogP) is 0.729. The number of hydrogen-bond acceptors (Lipinski definition) is 5. The van der Waals surface area contributed by atoms with Crippen LogP contribution in [0, 0.1) is 0 Å². The number of rotatable bonds is 10. The van der Waals surface area contributed by atoms with Crippen molar-refractivity contribution in [2.24, 2.45) is 5.73 Å². The Bertz CT molecular complexity index is 474. The third-order valence-electron chi connectivity index (χ3n) is 2.51. The quantitative estimate of drug-likeness (QED) is 0.622.